The van der Waals surface area contributed by atoms with Gasteiger partial charge in [-0.15, -0.1) is 0 Å². The van der Waals surface area contributed by atoms with Gasteiger partial charge in [0.05, 0.1) is 6.42 Å². The molecule has 2 rings (SSSR count). The minimum absolute atomic E-state index is 0.0389. The zero-order valence-corrected chi connectivity index (χ0v) is 12.1. The van der Waals surface area contributed by atoms with Crippen molar-refractivity contribution in [1.82, 2.24) is 10.2 Å². The highest BCUT2D eigenvalue weighted by molar-refractivity contribution is 5.78. The summed E-state index contributed by atoms with van der Waals surface area (Å²) in [6.45, 7) is 5.72. The van der Waals surface area contributed by atoms with Crippen molar-refractivity contribution < 1.29 is 9.18 Å². The molecule has 0 atom stereocenters. The summed E-state index contributed by atoms with van der Waals surface area (Å²) in [7, 11) is 0. The molecule has 110 valence electrons. The van der Waals surface area contributed by atoms with E-state index < -0.39 is 0 Å². The average Bonchev–Trinajstić information content (AvgIpc) is 2.48. The van der Waals surface area contributed by atoms with Crippen molar-refractivity contribution in [2.24, 2.45) is 5.92 Å². The van der Waals surface area contributed by atoms with Crippen LogP contribution in [0.25, 0.3) is 0 Å². The normalized spacial score (nSPS) is 16.4. The molecule has 1 aliphatic rings. The van der Waals surface area contributed by atoms with E-state index in [9.17, 15) is 9.18 Å². The quantitative estimate of drug-likeness (QED) is 0.895. The number of benzene rings is 1. The van der Waals surface area contributed by atoms with Crippen LogP contribution in [0.4, 0.5) is 4.39 Å². The molecule has 0 saturated carbocycles. The molecule has 1 saturated heterocycles. The average molecular weight is 278 g/mol. The van der Waals surface area contributed by atoms with Crippen molar-refractivity contribution in [3.63, 3.8) is 0 Å². The summed E-state index contributed by atoms with van der Waals surface area (Å²) in [4.78, 5) is 14.1. The zero-order chi connectivity index (χ0) is 14.4. The second kappa shape index (κ2) is 7.39. The second-order valence-corrected chi connectivity index (χ2v) is 5.40. The monoisotopic (exact) mass is 278 g/mol. The standard InChI is InChI=1S/C16H23FN2O/c1-2-18-12-13-7-9-19(10-8-13)16(20)11-14-5-3-4-6-15(14)17/h3-6,13,18H,2,7-12H2,1H3. The molecule has 1 N–H and O–H groups in total. The van der Waals surface area contributed by atoms with Gasteiger partial charge in [0.25, 0.3) is 0 Å². The van der Waals surface area contributed by atoms with Gasteiger partial charge in [0.2, 0.25) is 5.91 Å². The van der Waals surface area contributed by atoms with Gasteiger partial charge < -0.3 is 10.2 Å². The van der Waals surface area contributed by atoms with E-state index >= 15 is 0 Å². The Morgan fingerprint density at radius 1 is 1.35 bits per heavy atom. The fraction of sp³-hybridized carbons (Fsp3) is 0.562. The second-order valence-electron chi connectivity index (χ2n) is 5.40. The number of hydrogen-bond donors (Lipinski definition) is 1. The SMILES string of the molecule is CCNCC1CCN(C(=O)Cc2ccccc2F)CC1. The van der Waals surface area contributed by atoms with Crippen LogP contribution < -0.4 is 5.32 Å². The molecule has 0 radical (unpaired) electrons. The minimum Gasteiger partial charge on any atom is -0.342 e. The number of carbonyl (C=O) groups is 1. The van der Waals surface area contributed by atoms with Gasteiger partial charge in [-0.3, -0.25) is 4.79 Å². The van der Waals surface area contributed by atoms with Crippen molar-refractivity contribution in [2.45, 2.75) is 26.2 Å². The summed E-state index contributed by atoms with van der Waals surface area (Å²) in [5.74, 6) is 0.410. The summed E-state index contributed by atoms with van der Waals surface area (Å²) in [5.41, 5.74) is 0.493. The van der Waals surface area contributed by atoms with E-state index in [1.165, 1.54) is 6.07 Å². The van der Waals surface area contributed by atoms with Gasteiger partial charge >= 0.3 is 0 Å². The van der Waals surface area contributed by atoms with E-state index in [1.54, 1.807) is 18.2 Å². The number of amides is 1. The largest absolute Gasteiger partial charge is 0.342 e. The van der Waals surface area contributed by atoms with Gasteiger partial charge in [0.15, 0.2) is 0 Å². The smallest absolute Gasteiger partial charge is 0.227 e. The molecule has 1 heterocycles. The van der Waals surface area contributed by atoms with Crippen molar-refractivity contribution in [1.29, 1.82) is 0 Å². The molecule has 1 aliphatic heterocycles. The highest BCUT2D eigenvalue weighted by Gasteiger charge is 2.22. The molecule has 4 heteroatoms. The van der Waals surface area contributed by atoms with Crippen molar-refractivity contribution in [2.75, 3.05) is 26.2 Å². The first kappa shape index (κ1) is 15.0. The van der Waals surface area contributed by atoms with Crippen LogP contribution in [0.15, 0.2) is 24.3 Å². The Kier molecular flexibility index (Phi) is 5.53. The molecule has 0 spiro atoms. The molecule has 1 aromatic rings. The third-order valence-electron chi connectivity index (χ3n) is 3.95. The number of likely N-dealkylation sites (tertiary alicyclic amines) is 1. The molecule has 1 amide bonds. The summed E-state index contributed by atoms with van der Waals surface area (Å²) in [6, 6.07) is 6.51. The van der Waals surface area contributed by atoms with Crippen molar-refractivity contribution in [3.8, 4) is 0 Å². The number of nitrogens with one attached hydrogen (secondary N) is 1. The summed E-state index contributed by atoms with van der Waals surface area (Å²) in [5, 5.41) is 3.36. The van der Waals surface area contributed by atoms with Crippen LogP contribution in [0.5, 0.6) is 0 Å². The number of hydrogen-bond acceptors (Lipinski definition) is 2. The molecule has 1 fully saturated rings. The van der Waals surface area contributed by atoms with Crippen LogP contribution in [0.3, 0.4) is 0 Å². The zero-order valence-electron chi connectivity index (χ0n) is 12.1. The lowest BCUT2D eigenvalue weighted by molar-refractivity contribution is -0.131. The van der Waals surface area contributed by atoms with Gasteiger partial charge in [-0.25, -0.2) is 4.39 Å². The molecule has 0 aromatic heterocycles. The van der Waals surface area contributed by atoms with Gasteiger partial charge in [-0.2, -0.15) is 0 Å². The van der Waals surface area contributed by atoms with Crippen LogP contribution in [0, 0.1) is 11.7 Å². The first-order valence-corrected chi connectivity index (χ1v) is 7.42. The number of piperidine rings is 1. The maximum Gasteiger partial charge on any atom is 0.227 e. The Hall–Kier alpha value is -1.42. The summed E-state index contributed by atoms with van der Waals surface area (Å²) in [6.07, 6.45) is 2.25. The first-order chi connectivity index (χ1) is 9.70. The van der Waals surface area contributed by atoms with E-state index in [0.717, 1.165) is 39.0 Å². The number of halogens is 1. The molecule has 3 nitrogen and oxygen atoms in total. The van der Waals surface area contributed by atoms with Gasteiger partial charge in [0, 0.05) is 13.1 Å². The lowest BCUT2D eigenvalue weighted by Crippen LogP contribution is -2.41. The third-order valence-corrected chi connectivity index (χ3v) is 3.95. The highest BCUT2D eigenvalue weighted by Crippen LogP contribution is 2.18. The van der Waals surface area contributed by atoms with Gasteiger partial charge in [-0.1, -0.05) is 25.1 Å². The Morgan fingerprint density at radius 3 is 2.70 bits per heavy atom. The van der Waals surface area contributed by atoms with Crippen LogP contribution in [-0.4, -0.2) is 37.0 Å². The van der Waals surface area contributed by atoms with Crippen LogP contribution in [0.2, 0.25) is 0 Å². The molecular formula is C16H23FN2O. The molecule has 20 heavy (non-hydrogen) atoms. The third kappa shape index (κ3) is 4.04. The Balaban J connectivity index is 1.82. The number of carbonyl (C=O) groups excluding carboxylic acids is 1. The Bertz CT molecular complexity index is 442. The van der Waals surface area contributed by atoms with Gasteiger partial charge in [-0.05, 0) is 43.5 Å². The van der Waals surface area contributed by atoms with Gasteiger partial charge in [0.1, 0.15) is 5.82 Å². The summed E-state index contributed by atoms with van der Waals surface area (Å²) < 4.78 is 13.5. The molecule has 0 aliphatic carbocycles. The van der Waals surface area contributed by atoms with Crippen molar-refractivity contribution in [3.05, 3.63) is 35.6 Å². The molecule has 1 aromatic carbocycles. The van der Waals surface area contributed by atoms with E-state index in [2.05, 4.69) is 12.2 Å². The number of nitrogens with zero attached hydrogens (tertiary/aromatic N) is 1. The van der Waals surface area contributed by atoms with Crippen molar-refractivity contribution >= 4 is 5.91 Å². The predicted molar refractivity (Wildman–Crippen MR) is 78.0 cm³/mol. The molecule has 0 bridgehead atoms. The highest BCUT2D eigenvalue weighted by atomic mass is 19.1. The van der Waals surface area contributed by atoms with Crippen LogP contribution in [-0.2, 0) is 11.2 Å². The van der Waals surface area contributed by atoms with Crippen LogP contribution >= 0.6 is 0 Å². The number of rotatable bonds is 5. The lowest BCUT2D eigenvalue weighted by Gasteiger charge is -2.32. The maximum atomic E-state index is 13.5. The topological polar surface area (TPSA) is 32.3 Å². The Labute approximate surface area is 120 Å². The Morgan fingerprint density at radius 2 is 2.05 bits per heavy atom. The fourth-order valence-electron chi connectivity index (χ4n) is 2.65. The maximum absolute atomic E-state index is 13.5. The minimum atomic E-state index is -0.289. The lowest BCUT2D eigenvalue weighted by atomic mass is 9.96. The molecular weight excluding hydrogens is 255 g/mol. The van der Waals surface area contributed by atoms with E-state index in [4.69, 9.17) is 0 Å². The van der Waals surface area contributed by atoms with E-state index in [0.29, 0.717) is 11.5 Å². The van der Waals surface area contributed by atoms with Crippen LogP contribution in [0.1, 0.15) is 25.3 Å². The first-order valence-electron chi connectivity index (χ1n) is 7.42. The molecule has 0 unspecified atom stereocenters. The fourth-order valence-corrected chi connectivity index (χ4v) is 2.65. The summed E-state index contributed by atoms with van der Waals surface area (Å²) >= 11 is 0. The predicted octanol–water partition coefficient (Wildman–Crippen LogP) is 2.22. The van der Waals surface area contributed by atoms with E-state index in [-0.39, 0.29) is 18.1 Å². The van der Waals surface area contributed by atoms with E-state index in [1.807, 2.05) is 4.90 Å².